The van der Waals surface area contributed by atoms with E-state index in [1.165, 1.54) is 6.07 Å². The monoisotopic (exact) mass is 356 g/mol. The number of alkyl halides is 2. The largest absolute Gasteiger partial charge is 0.397 e. The van der Waals surface area contributed by atoms with Crippen molar-refractivity contribution in [2.45, 2.75) is 24.7 Å². The Bertz CT molecular complexity index is 830. The van der Waals surface area contributed by atoms with Crippen LogP contribution in [-0.2, 0) is 5.41 Å². The van der Waals surface area contributed by atoms with Crippen molar-refractivity contribution in [2.24, 2.45) is 5.73 Å². The molecule has 1 heterocycles. The summed E-state index contributed by atoms with van der Waals surface area (Å²) < 4.78 is 43.9. The van der Waals surface area contributed by atoms with Crippen LogP contribution in [0.3, 0.4) is 0 Å². The number of nitrogens with one attached hydrogen (secondary N) is 1. The molecule has 2 aromatic rings. The van der Waals surface area contributed by atoms with Crippen molar-refractivity contribution in [1.82, 2.24) is 10.1 Å². The van der Waals surface area contributed by atoms with E-state index in [0.717, 1.165) is 6.08 Å². The molecule has 1 aromatic carbocycles. The quantitative estimate of drug-likeness (QED) is 0.803. The van der Waals surface area contributed by atoms with Crippen molar-refractivity contribution in [3.63, 3.8) is 0 Å². The molecular formula is C15H12ClF3N4O. The first-order chi connectivity index (χ1) is 11.3. The Kier molecular flexibility index (Phi) is 4.08. The number of allylic oxidation sites excluding steroid dienone is 2. The molecule has 0 saturated heterocycles. The van der Waals surface area contributed by atoms with Crippen molar-refractivity contribution in [3.05, 3.63) is 58.1 Å². The van der Waals surface area contributed by atoms with Gasteiger partial charge in [-0.15, -0.1) is 0 Å². The minimum Gasteiger partial charge on any atom is -0.397 e. The third-order valence-corrected chi connectivity index (χ3v) is 4.08. The Balaban J connectivity index is 1.91. The molecule has 126 valence electrons. The first-order valence-electron chi connectivity index (χ1n) is 6.97. The Morgan fingerprint density at radius 2 is 2.12 bits per heavy atom. The highest BCUT2D eigenvalue weighted by Gasteiger charge is 2.51. The van der Waals surface area contributed by atoms with E-state index in [0.29, 0.717) is 18.4 Å². The molecule has 5 nitrogen and oxygen atoms in total. The van der Waals surface area contributed by atoms with Crippen LogP contribution in [0.25, 0.3) is 0 Å². The van der Waals surface area contributed by atoms with Crippen LogP contribution in [0.4, 0.5) is 13.2 Å². The van der Waals surface area contributed by atoms with Gasteiger partial charge in [0.05, 0.1) is 11.1 Å². The fourth-order valence-electron chi connectivity index (χ4n) is 2.43. The summed E-state index contributed by atoms with van der Waals surface area (Å²) in [7, 11) is 0. The first kappa shape index (κ1) is 16.5. The van der Waals surface area contributed by atoms with Gasteiger partial charge in [0.25, 0.3) is 12.3 Å². The predicted molar refractivity (Wildman–Crippen MR) is 80.8 cm³/mol. The van der Waals surface area contributed by atoms with Crippen LogP contribution in [0, 0.1) is 11.2 Å². The number of hydrogen-bond donors (Lipinski definition) is 2. The van der Waals surface area contributed by atoms with E-state index in [1.54, 1.807) is 12.1 Å². The highest BCUT2D eigenvalue weighted by atomic mass is 35.5. The summed E-state index contributed by atoms with van der Waals surface area (Å²) in [5, 5.41) is 11.7. The van der Waals surface area contributed by atoms with Gasteiger partial charge in [-0.2, -0.15) is 4.98 Å². The van der Waals surface area contributed by atoms with Gasteiger partial charge in [-0.05, 0) is 31.1 Å². The average Bonchev–Trinajstić information content (AvgIpc) is 3.15. The van der Waals surface area contributed by atoms with Crippen LogP contribution in [0.1, 0.15) is 30.1 Å². The third kappa shape index (κ3) is 2.89. The molecule has 9 heteroatoms. The lowest BCUT2D eigenvalue weighted by molar-refractivity contribution is 0.188. The molecule has 1 aliphatic carbocycles. The molecule has 0 bridgehead atoms. The highest BCUT2D eigenvalue weighted by molar-refractivity contribution is 6.30. The maximum absolute atomic E-state index is 14.2. The topological polar surface area (TPSA) is 88.8 Å². The second kappa shape index (κ2) is 5.94. The Morgan fingerprint density at radius 1 is 1.42 bits per heavy atom. The van der Waals surface area contributed by atoms with Gasteiger partial charge in [0.2, 0.25) is 0 Å². The van der Waals surface area contributed by atoms with Crippen LogP contribution >= 0.6 is 11.6 Å². The summed E-state index contributed by atoms with van der Waals surface area (Å²) in [5.41, 5.74) is 3.54. The highest BCUT2D eigenvalue weighted by Crippen LogP contribution is 2.53. The smallest absolute Gasteiger partial charge is 0.277 e. The van der Waals surface area contributed by atoms with Crippen LogP contribution in [0.2, 0.25) is 5.02 Å². The summed E-state index contributed by atoms with van der Waals surface area (Å²) in [5.74, 6) is -0.537. The standard InChI is InChI=1S/C15H12ClF3N4O/c16-7-1-2-8(9(17)5-7)15(3-4-15)14-22-13(24-23-14)11(21)6-10(20)12(18)19/h1-2,5-6,12,21H,3-4,20H2/b10-6-,21-11?. The fraction of sp³-hybridized carbons (Fsp3) is 0.267. The van der Waals surface area contributed by atoms with Gasteiger partial charge < -0.3 is 10.3 Å². The van der Waals surface area contributed by atoms with Gasteiger partial charge in [0, 0.05) is 10.6 Å². The summed E-state index contributed by atoms with van der Waals surface area (Å²) in [6.07, 6.45) is -0.921. The van der Waals surface area contributed by atoms with E-state index >= 15 is 0 Å². The molecule has 1 saturated carbocycles. The van der Waals surface area contributed by atoms with Crippen molar-refractivity contribution in [2.75, 3.05) is 0 Å². The summed E-state index contributed by atoms with van der Waals surface area (Å²) in [4.78, 5) is 4.05. The van der Waals surface area contributed by atoms with Gasteiger partial charge in [0.1, 0.15) is 11.5 Å². The molecule has 0 aliphatic heterocycles. The molecule has 0 unspecified atom stereocenters. The van der Waals surface area contributed by atoms with E-state index < -0.39 is 29.1 Å². The molecule has 1 aliphatic rings. The number of nitrogens with zero attached hydrogens (tertiary/aromatic N) is 2. The summed E-state index contributed by atoms with van der Waals surface area (Å²) in [6.45, 7) is 0. The summed E-state index contributed by atoms with van der Waals surface area (Å²) >= 11 is 5.76. The molecule has 0 spiro atoms. The molecule has 1 fully saturated rings. The van der Waals surface area contributed by atoms with E-state index in [2.05, 4.69) is 10.1 Å². The van der Waals surface area contributed by atoms with Crippen molar-refractivity contribution in [1.29, 1.82) is 5.41 Å². The van der Waals surface area contributed by atoms with E-state index in [4.69, 9.17) is 27.3 Å². The molecular weight excluding hydrogens is 345 g/mol. The minimum atomic E-state index is -2.88. The van der Waals surface area contributed by atoms with E-state index in [-0.39, 0.29) is 16.7 Å². The van der Waals surface area contributed by atoms with Crippen LogP contribution < -0.4 is 5.73 Å². The molecule has 3 N–H and O–H groups in total. The zero-order valence-corrected chi connectivity index (χ0v) is 12.9. The zero-order valence-electron chi connectivity index (χ0n) is 12.2. The van der Waals surface area contributed by atoms with Crippen molar-refractivity contribution >= 4 is 17.3 Å². The lowest BCUT2D eigenvalue weighted by atomic mass is 9.94. The zero-order chi connectivity index (χ0) is 17.5. The fourth-order valence-corrected chi connectivity index (χ4v) is 2.59. The maximum Gasteiger partial charge on any atom is 0.277 e. The molecule has 0 amide bonds. The lowest BCUT2D eigenvalue weighted by Gasteiger charge is -2.12. The van der Waals surface area contributed by atoms with Crippen LogP contribution in [0.5, 0.6) is 0 Å². The second-order valence-electron chi connectivity index (χ2n) is 5.49. The van der Waals surface area contributed by atoms with Crippen LogP contribution in [0.15, 0.2) is 34.5 Å². The Labute approximate surface area is 139 Å². The number of rotatable bonds is 5. The average molecular weight is 357 g/mol. The van der Waals surface area contributed by atoms with E-state index in [1.807, 2.05) is 0 Å². The molecule has 3 rings (SSSR count). The Hall–Kier alpha value is -2.35. The van der Waals surface area contributed by atoms with Gasteiger partial charge in [-0.3, -0.25) is 5.41 Å². The number of hydrogen-bond acceptors (Lipinski definition) is 5. The molecule has 1 aromatic heterocycles. The van der Waals surface area contributed by atoms with E-state index in [9.17, 15) is 13.2 Å². The minimum absolute atomic E-state index is 0.201. The SMILES string of the molecule is N=C(/C=C(\N)C(F)F)c1nc(C2(c3ccc(Cl)cc3F)CC2)no1. The van der Waals surface area contributed by atoms with Crippen LogP contribution in [-0.4, -0.2) is 22.3 Å². The maximum atomic E-state index is 14.2. The number of nitrogens with two attached hydrogens (primary N) is 1. The van der Waals surface area contributed by atoms with Gasteiger partial charge in [0.15, 0.2) is 5.82 Å². The first-order valence-corrected chi connectivity index (χ1v) is 7.35. The summed E-state index contributed by atoms with van der Waals surface area (Å²) in [6, 6.07) is 4.32. The predicted octanol–water partition coefficient (Wildman–Crippen LogP) is 3.42. The molecule has 24 heavy (non-hydrogen) atoms. The molecule has 0 radical (unpaired) electrons. The number of halogens is 4. The van der Waals surface area contributed by atoms with Gasteiger partial charge in [-0.25, -0.2) is 13.2 Å². The normalized spacial score (nSPS) is 16.5. The van der Waals surface area contributed by atoms with Gasteiger partial charge >= 0.3 is 0 Å². The van der Waals surface area contributed by atoms with Crippen molar-refractivity contribution < 1.29 is 17.7 Å². The third-order valence-electron chi connectivity index (χ3n) is 3.84. The Morgan fingerprint density at radius 3 is 2.71 bits per heavy atom. The molecule has 0 atom stereocenters. The number of benzene rings is 1. The lowest BCUT2D eigenvalue weighted by Crippen LogP contribution is -2.14. The number of aromatic nitrogens is 2. The second-order valence-corrected chi connectivity index (χ2v) is 5.92. The van der Waals surface area contributed by atoms with Crippen molar-refractivity contribution in [3.8, 4) is 0 Å². The van der Waals surface area contributed by atoms with Gasteiger partial charge in [-0.1, -0.05) is 22.8 Å².